The second-order valence-electron chi connectivity index (χ2n) is 4.59. The molecule has 2 N–H and O–H groups in total. The molecule has 0 saturated heterocycles. The number of hydrogen-bond donors (Lipinski definition) is 2. The molecule has 16 heavy (non-hydrogen) atoms. The van der Waals surface area contributed by atoms with Gasteiger partial charge in [0.05, 0.1) is 5.69 Å². The van der Waals surface area contributed by atoms with Crippen LogP contribution in [0.2, 0.25) is 0 Å². The van der Waals surface area contributed by atoms with Crippen molar-refractivity contribution >= 4 is 11.8 Å². The van der Waals surface area contributed by atoms with Crippen molar-refractivity contribution in [2.75, 3.05) is 11.9 Å². The molecule has 0 aromatic carbocycles. The third kappa shape index (κ3) is 1.89. The van der Waals surface area contributed by atoms with E-state index in [2.05, 4.69) is 17.3 Å². The summed E-state index contributed by atoms with van der Waals surface area (Å²) in [5.74, 6) is 1.13. The van der Waals surface area contributed by atoms with E-state index in [-0.39, 0.29) is 5.56 Å². The van der Waals surface area contributed by atoms with Crippen molar-refractivity contribution in [2.45, 2.75) is 20.3 Å². The van der Waals surface area contributed by atoms with Gasteiger partial charge in [0, 0.05) is 13.6 Å². The van der Waals surface area contributed by atoms with Crippen LogP contribution in [0.1, 0.15) is 29.4 Å². The van der Waals surface area contributed by atoms with Crippen LogP contribution in [0.25, 0.3) is 0 Å². The first-order chi connectivity index (χ1) is 7.50. The molecule has 1 aliphatic rings. The topological polar surface area (TPSA) is 67.2 Å². The maximum atomic E-state index is 11.1. The molecular weight excluding hydrogens is 206 g/mol. The van der Waals surface area contributed by atoms with E-state index in [1.54, 1.807) is 18.7 Å². The molecule has 0 amide bonds. The normalized spacial score (nSPS) is 23.2. The van der Waals surface area contributed by atoms with Gasteiger partial charge in [-0.1, -0.05) is 6.92 Å². The van der Waals surface area contributed by atoms with E-state index in [4.69, 9.17) is 5.11 Å². The van der Waals surface area contributed by atoms with E-state index >= 15 is 0 Å². The molecule has 1 aliphatic carbocycles. The third-order valence-corrected chi connectivity index (χ3v) is 3.24. The van der Waals surface area contributed by atoms with Crippen LogP contribution in [-0.2, 0) is 7.05 Å². The zero-order valence-corrected chi connectivity index (χ0v) is 9.82. The standard InChI is InChI=1S/C11H17N3O2/c1-6-4-8(6)5-12-10-9(11(15)16)7(2)13-14(10)3/h6,8,12H,4-5H2,1-3H3,(H,15,16). The van der Waals surface area contributed by atoms with Crippen LogP contribution in [0, 0.1) is 18.8 Å². The number of nitrogens with zero attached hydrogens (tertiary/aromatic N) is 2. The van der Waals surface area contributed by atoms with Crippen molar-refractivity contribution in [3.8, 4) is 0 Å². The van der Waals surface area contributed by atoms with Crippen LogP contribution in [0.5, 0.6) is 0 Å². The molecule has 5 nitrogen and oxygen atoms in total. The predicted molar refractivity (Wildman–Crippen MR) is 60.7 cm³/mol. The first kappa shape index (κ1) is 11.0. The number of aromatic nitrogens is 2. The highest BCUT2D eigenvalue weighted by atomic mass is 16.4. The quantitative estimate of drug-likeness (QED) is 0.811. The van der Waals surface area contributed by atoms with Gasteiger partial charge < -0.3 is 10.4 Å². The first-order valence-electron chi connectivity index (χ1n) is 5.51. The summed E-state index contributed by atoms with van der Waals surface area (Å²) in [7, 11) is 1.76. The second kappa shape index (κ2) is 3.81. The highest BCUT2D eigenvalue weighted by Crippen LogP contribution is 2.37. The number of nitrogens with one attached hydrogen (secondary N) is 1. The molecule has 1 aromatic rings. The number of rotatable bonds is 4. The highest BCUT2D eigenvalue weighted by Gasteiger charge is 2.32. The molecule has 1 fully saturated rings. The first-order valence-corrected chi connectivity index (χ1v) is 5.51. The van der Waals surface area contributed by atoms with Gasteiger partial charge in [-0.05, 0) is 25.2 Å². The van der Waals surface area contributed by atoms with Crippen molar-refractivity contribution in [3.05, 3.63) is 11.3 Å². The van der Waals surface area contributed by atoms with Crippen molar-refractivity contribution in [1.82, 2.24) is 9.78 Å². The SMILES string of the molecule is Cc1nn(C)c(NCC2CC2C)c1C(=O)O. The summed E-state index contributed by atoms with van der Waals surface area (Å²) in [5.41, 5.74) is 0.845. The number of hydrogen-bond acceptors (Lipinski definition) is 3. The Labute approximate surface area is 94.5 Å². The lowest BCUT2D eigenvalue weighted by Crippen LogP contribution is -2.11. The van der Waals surface area contributed by atoms with Crippen LogP contribution in [0.15, 0.2) is 0 Å². The van der Waals surface area contributed by atoms with Gasteiger partial charge in [-0.15, -0.1) is 0 Å². The van der Waals surface area contributed by atoms with Crippen molar-refractivity contribution in [2.24, 2.45) is 18.9 Å². The van der Waals surface area contributed by atoms with E-state index in [9.17, 15) is 4.79 Å². The molecule has 1 heterocycles. The average molecular weight is 223 g/mol. The van der Waals surface area contributed by atoms with Crippen molar-refractivity contribution < 1.29 is 9.90 Å². The van der Waals surface area contributed by atoms with E-state index < -0.39 is 5.97 Å². The molecule has 2 unspecified atom stereocenters. The van der Waals surface area contributed by atoms with Gasteiger partial charge >= 0.3 is 5.97 Å². The molecule has 2 atom stereocenters. The minimum atomic E-state index is -0.919. The lowest BCUT2D eigenvalue weighted by molar-refractivity contribution is 0.0697. The number of carboxylic acids is 1. The molecule has 0 aliphatic heterocycles. The lowest BCUT2D eigenvalue weighted by atomic mass is 10.2. The average Bonchev–Trinajstić information content (AvgIpc) is 2.79. The van der Waals surface area contributed by atoms with E-state index in [1.807, 2.05) is 0 Å². The van der Waals surface area contributed by atoms with Gasteiger partial charge in [0.2, 0.25) is 0 Å². The zero-order chi connectivity index (χ0) is 11.9. The Kier molecular flexibility index (Phi) is 2.61. The molecule has 0 radical (unpaired) electrons. The molecule has 1 saturated carbocycles. The minimum Gasteiger partial charge on any atom is -0.477 e. The number of carboxylic acid groups (broad SMARTS) is 1. The maximum Gasteiger partial charge on any atom is 0.341 e. The third-order valence-electron chi connectivity index (χ3n) is 3.24. The van der Waals surface area contributed by atoms with E-state index in [0.717, 1.165) is 12.5 Å². The van der Waals surface area contributed by atoms with Gasteiger partial charge in [-0.2, -0.15) is 5.10 Å². The largest absolute Gasteiger partial charge is 0.477 e. The van der Waals surface area contributed by atoms with Gasteiger partial charge in [-0.25, -0.2) is 4.79 Å². The predicted octanol–water partition coefficient (Wildman–Crippen LogP) is 1.49. The van der Waals surface area contributed by atoms with Crippen LogP contribution in [0.3, 0.4) is 0 Å². The number of carbonyl (C=O) groups is 1. The summed E-state index contributed by atoms with van der Waals surface area (Å²) in [6.45, 7) is 4.76. The summed E-state index contributed by atoms with van der Waals surface area (Å²) in [5, 5.41) is 16.4. The highest BCUT2D eigenvalue weighted by molar-refractivity contribution is 5.94. The van der Waals surface area contributed by atoms with Crippen LogP contribution >= 0.6 is 0 Å². The zero-order valence-electron chi connectivity index (χ0n) is 9.82. The maximum absolute atomic E-state index is 11.1. The summed E-state index contributed by atoms with van der Waals surface area (Å²) >= 11 is 0. The summed E-state index contributed by atoms with van der Waals surface area (Å²) in [4.78, 5) is 11.1. The molecule has 0 bridgehead atoms. The van der Waals surface area contributed by atoms with E-state index in [1.165, 1.54) is 6.42 Å². The molecular formula is C11H17N3O2. The van der Waals surface area contributed by atoms with Crippen LogP contribution < -0.4 is 5.32 Å². The number of aromatic carboxylic acids is 1. The Hall–Kier alpha value is -1.52. The van der Waals surface area contributed by atoms with Crippen LogP contribution in [-0.4, -0.2) is 27.4 Å². The fourth-order valence-corrected chi connectivity index (χ4v) is 2.03. The number of anilines is 1. The molecule has 0 spiro atoms. The second-order valence-corrected chi connectivity index (χ2v) is 4.59. The summed E-state index contributed by atoms with van der Waals surface area (Å²) < 4.78 is 1.60. The molecule has 1 aromatic heterocycles. The summed E-state index contributed by atoms with van der Waals surface area (Å²) in [6.07, 6.45) is 1.23. The lowest BCUT2D eigenvalue weighted by Gasteiger charge is -2.07. The van der Waals surface area contributed by atoms with E-state index in [0.29, 0.717) is 17.4 Å². The van der Waals surface area contributed by atoms with Gasteiger partial charge in [0.1, 0.15) is 11.4 Å². The van der Waals surface area contributed by atoms with Gasteiger partial charge in [-0.3, -0.25) is 4.68 Å². The van der Waals surface area contributed by atoms with Gasteiger partial charge in [0.15, 0.2) is 0 Å². The Morgan fingerprint density at radius 1 is 1.69 bits per heavy atom. The molecule has 5 heteroatoms. The Balaban J connectivity index is 2.15. The minimum absolute atomic E-state index is 0.288. The van der Waals surface area contributed by atoms with Crippen LogP contribution in [0.4, 0.5) is 5.82 Å². The number of aryl methyl sites for hydroxylation is 2. The Bertz CT molecular complexity index is 425. The smallest absolute Gasteiger partial charge is 0.341 e. The van der Waals surface area contributed by atoms with Crippen molar-refractivity contribution in [1.29, 1.82) is 0 Å². The summed E-state index contributed by atoms with van der Waals surface area (Å²) in [6, 6.07) is 0. The van der Waals surface area contributed by atoms with Gasteiger partial charge in [0.25, 0.3) is 0 Å². The molecule has 88 valence electrons. The fraction of sp³-hybridized carbons (Fsp3) is 0.636. The Morgan fingerprint density at radius 3 is 2.81 bits per heavy atom. The Morgan fingerprint density at radius 2 is 2.31 bits per heavy atom. The fourth-order valence-electron chi connectivity index (χ4n) is 2.03. The molecule has 2 rings (SSSR count). The monoisotopic (exact) mass is 223 g/mol. The van der Waals surface area contributed by atoms with Crippen molar-refractivity contribution in [3.63, 3.8) is 0 Å².